The summed E-state index contributed by atoms with van der Waals surface area (Å²) in [6.07, 6.45) is 4.30. The third kappa shape index (κ3) is 2.81. The van der Waals surface area contributed by atoms with Gasteiger partial charge in [-0.25, -0.2) is 0 Å². The van der Waals surface area contributed by atoms with Crippen molar-refractivity contribution in [3.63, 3.8) is 0 Å². The fraction of sp³-hybridized carbons (Fsp3) is 0.562. The van der Waals surface area contributed by atoms with Gasteiger partial charge in [-0.15, -0.1) is 0 Å². The molecule has 0 aliphatic heterocycles. The van der Waals surface area contributed by atoms with Crippen LogP contribution in [0.1, 0.15) is 47.2 Å². The minimum atomic E-state index is 0.232. The SMILES string of the molecule is CNC1CCC(C(=O)c2ccc(C)cc2C)CC1. The molecule has 0 unspecified atom stereocenters. The first-order valence-electron chi connectivity index (χ1n) is 6.90. The van der Waals surface area contributed by atoms with Crippen molar-refractivity contribution in [2.75, 3.05) is 7.05 Å². The second-order valence-corrected chi connectivity index (χ2v) is 5.52. The lowest BCUT2D eigenvalue weighted by Crippen LogP contribution is -2.32. The molecule has 2 nitrogen and oxygen atoms in total. The summed E-state index contributed by atoms with van der Waals surface area (Å²) in [5, 5.41) is 3.31. The second-order valence-electron chi connectivity index (χ2n) is 5.52. The summed E-state index contributed by atoms with van der Waals surface area (Å²) in [4.78, 5) is 12.5. The summed E-state index contributed by atoms with van der Waals surface area (Å²) < 4.78 is 0. The molecule has 0 bridgehead atoms. The monoisotopic (exact) mass is 245 g/mol. The van der Waals surface area contributed by atoms with E-state index in [0.29, 0.717) is 11.8 Å². The first-order chi connectivity index (χ1) is 8.61. The molecule has 0 spiro atoms. The van der Waals surface area contributed by atoms with Crippen LogP contribution in [0.15, 0.2) is 18.2 Å². The number of Topliss-reactive ketones (excluding diaryl/α,β-unsaturated/α-hetero) is 1. The minimum absolute atomic E-state index is 0.232. The third-order valence-corrected chi connectivity index (χ3v) is 4.15. The predicted molar refractivity (Wildman–Crippen MR) is 75.1 cm³/mol. The van der Waals surface area contributed by atoms with E-state index in [0.717, 1.165) is 36.8 Å². The van der Waals surface area contributed by atoms with Crippen LogP contribution in [-0.4, -0.2) is 18.9 Å². The smallest absolute Gasteiger partial charge is 0.166 e. The second kappa shape index (κ2) is 5.66. The highest BCUT2D eigenvalue weighted by Crippen LogP contribution is 2.28. The number of aryl methyl sites for hydroxylation is 2. The molecule has 1 saturated carbocycles. The van der Waals surface area contributed by atoms with Gasteiger partial charge in [-0.1, -0.05) is 23.8 Å². The Hall–Kier alpha value is -1.15. The van der Waals surface area contributed by atoms with E-state index in [1.165, 1.54) is 5.56 Å². The molecule has 1 N–H and O–H groups in total. The zero-order chi connectivity index (χ0) is 13.1. The molecule has 1 aliphatic rings. The standard InChI is InChI=1S/C16H23NO/c1-11-4-9-15(12(2)10-11)16(18)13-5-7-14(17-3)8-6-13/h4,9-10,13-14,17H,5-8H2,1-3H3. The molecule has 1 aliphatic carbocycles. The molecule has 0 atom stereocenters. The van der Waals surface area contributed by atoms with Gasteiger partial charge in [-0.2, -0.15) is 0 Å². The number of carbonyl (C=O) groups is 1. The predicted octanol–water partition coefficient (Wildman–Crippen LogP) is 3.26. The molecule has 0 heterocycles. The summed E-state index contributed by atoms with van der Waals surface area (Å²) in [7, 11) is 2.01. The zero-order valence-electron chi connectivity index (χ0n) is 11.6. The van der Waals surface area contributed by atoms with Crippen LogP contribution >= 0.6 is 0 Å². The largest absolute Gasteiger partial charge is 0.317 e. The number of hydrogen-bond acceptors (Lipinski definition) is 2. The Balaban J connectivity index is 2.08. The lowest BCUT2D eigenvalue weighted by atomic mass is 9.81. The fourth-order valence-corrected chi connectivity index (χ4v) is 2.95. The number of ketones is 1. The van der Waals surface area contributed by atoms with Crippen LogP contribution in [0.25, 0.3) is 0 Å². The molecule has 98 valence electrons. The van der Waals surface area contributed by atoms with Gasteiger partial charge in [-0.05, 0) is 52.1 Å². The molecular weight excluding hydrogens is 222 g/mol. The molecule has 1 aromatic carbocycles. The Kier molecular flexibility index (Phi) is 4.18. The summed E-state index contributed by atoms with van der Waals surface area (Å²) >= 11 is 0. The molecule has 18 heavy (non-hydrogen) atoms. The van der Waals surface area contributed by atoms with Gasteiger partial charge >= 0.3 is 0 Å². The molecule has 1 fully saturated rings. The molecule has 0 saturated heterocycles. The maximum absolute atomic E-state index is 12.5. The van der Waals surface area contributed by atoms with Gasteiger partial charge in [0.05, 0.1) is 0 Å². The maximum Gasteiger partial charge on any atom is 0.166 e. The van der Waals surface area contributed by atoms with Crippen molar-refractivity contribution in [2.24, 2.45) is 5.92 Å². The molecule has 0 amide bonds. The van der Waals surface area contributed by atoms with Gasteiger partial charge in [0, 0.05) is 17.5 Å². The lowest BCUT2D eigenvalue weighted by molar-refractivity contribution is 0.0880. The molecule has 2 rings (SSSR count). The Morgan fingerprint density at radius 1 is 1.17 bits per heavy atom. The normalized spacial score (nSPS) is 23.9. The van der Waals surface area contributed by atoms with Gasteiger partial charge in [0.15, 0.2) is 5.78 Å². The minimum Gasteiger partial charge on any atom is -0.317 e. The Labute approximate surface area is 110 Å². The Morgan fingerprint density at radius 2 is 1.83 bits per heavy atom. The summed E-state index contributed by atoms with van der Waals surface area (Å²) in [5.74, 6) is 0.582. The van der Waals surface area contributed by atoms with E-state index in [-0.39, 0.29) is 5.92 Å². The van der Waals surface area contributed by atoms with Gasteiger partial charge in [0.25, 0.3) is 0 Å². The average molecular weight is 245 g/mol. The van der Waals surface area contributed by atoms with E-state index in [4.69, 9.17) is 0 Å². The van der Waals surface area contributed by atoms with Crippen molar-refractivity contribution in [1.82, 2.24) is 5.32 Å². The highest BCUT2D eigenvalue weighted by molar-refractivity contribution is 5.99. The van der Waals surface area contributed by atoms with Crippen molar-refractivity contribution < 1.29 is 4.79 Å². The summed E-state index contributed by atoms with van der Waals surface area (Å²) in [5.41, 5.74) is 3.27. The molecular formula is C16H23NO. The summed E-state index contributed by atoms with van der Waals surface area (Å²) in [6.45, 7) is 4.11. The quantitative estimate of drug-likeness (QED) is 0.828. The van der Waals surface area contributed by atoms with Gasteiger partial charge in [0.1, 0.15) is 0 Å². The van der Waals surface area contributed by atoms with Crippen LogP contribution in [-0.2, 0) is 0 Å². The van der Waals surface area contributed by atoms with Crippen molar-refractivity contribution >= 4 is 5.78 Å². The first kappa shape index (κ1) is 13.3. The number of carbonyl (C=O) groups excluding carboxylic acids is 1. The highest BCUT2D eigenvalue weighted by Gasteiger charge is 2.26. The number of rotatable bonds is 3. The molecule has 2 heteroatoms. The molecule has 1 aromatic rings. The maximum atomic E-state index is 12.5. The van der Waals surface area contributed by atoms with E-state index < -0.39 is 0 Å². The van der Waals surface area contributed by atoms with Crippen molar-refractivity contribution in [3.8, 4) is 0 Å². The van der Waals surface area contributed by atoms with E-state index >= 15 is 0 Å². The third-order valence-electron chi connectivity index (χ3n) is 4.15. The van der Waals surface area contributed by atoms with E-state index in [2.05, 4.69) is 18.3 Å². The number of benzene rings is 1. The molecule has 0 aromatic heterocycles. The lowest BCUT2D eigenvalue weighted by Gasteiger charge is -2.27. The summed E-state index contributed by atoms with van der Waals surface area (Å²) in [6, 6.07) is 6.75. The zero-order valence-corrected chi connectivity index (χ0v) is 11.6. The van der Waals surface area contributed by atoms with Gasteiger partial charge in [-0.3, -0.25) is 4.79 Å². The van der Waals surface area contributed by atoms with Gasteiger partial charge in [0.2, 0.25) is 0 Å². The van der Waals surface area contributed by atoms with Crippen LogP contribution in [0.3, 0.4) is 0 Å². The van der Waals surface area contributed by atoms with Gasteiger partial charge < -0.3 is 5.32 Å². The Bertz CT molecular complexity index is 431. The van der Waals surface area contributed by atoms with E-state index in [1.807, 2.05) is 26.1 Å². The Morgan fingerprint density at radius 3 is 2.39 bits per heavy atom. The van der Waals surface area contributed by atoms with E-state index in [1.54, 1.807) is 0 Å². The first-order valence-corrected chi connectivity index (χ1v) is 6.90. The van der Waals surface area contributed by atoms with E-state index in [9.17, 15) is 4.79 Å². The van der Waals surface area contributed by atoms with Crippen molar-refractivity contribution in [3.05, 3.63) is 34.9 Å². The molecule has 0 radical (unpaired) electrons. The van der Waals surface area contributed by atoms with Crippen LogP contribution in [0.2, 0.25) is 0 Å². The van der Waals surface area contributed by atoms with Crippen LogP contribution in [0, 0.1) is 19.8 Å². The fourth-order valence-electron chi connectivity index (χ4n) is 2.95. The van der Waals surface area contributed by atoms with Crippen molar-refractivity contribution in [1.29, 1.82) is 0 Å². The number of nitrogens with one attached hydrogen (secondary N) is 1. The topological polar surface area (TPSA) is 29.1 Å². The van der Waals surface area contributed by atoms with Crippen LogP contribution < -0.4 is 5.32 Å². The average Bonchev–Trinajstić information content (AvgIpc) is 2.38. The van der Waals surface area contributed by atoms with Crippen LogP contribution in [0.4, 0.5) is 0 Å². The number of hydrogen-bond donors (Lipinski definition) is 1. The van der Waals surface area contributed by atoms with Crippen LogP contribution in [0.5, 0.6) is 0 Å². The highest BCUT2D eigenvalue weighted by atomic mass is 16.1. The van der Waals surface area contributed by atoms with Crippen molar-refractivity contribution in [2.45, 2.75) is 45.6 Å².